The van der Waals surface area contributed by atoms with Gasteiger partial charge in [0.15, 0.2) is 11.5 Å². The molecule has 0 saturated carbocycles. The molecule has 3 heterocycles. The minimum Gasteiger partial charge on any atom is -0.493 e. The summed E-state index contributed by atoms with van der Waals surface area (Å²) in [7, 11) is 3.32. The Morgan fingerprint density at radius 1 is 0.969 bits per heavy atom. The van der Waals surface area contributed by atoms with Crippen molar-refractivity contribution in [2.24, 2.45) is 0 Å². The highest BCUT2D eigenvalue weighted by molar-refractivity contribution is 5.74. The molecule has 4 aromatic rings. The fourth-order valence-corrected chi connectivity index (χ4v) is 4.23. The van der Waals surface area contributed by atoms with Gasteiger partial charge in [-0.15, -0.1) is 0 Å². The lowest BCUT2D eigenvalue weighted by Gasteiger charge is -2.11. The lowest BCUT2D eigenvalue weighted by molar-refractivity contribution is 0.317. The van der Waals surface area contributed by atoms with Crippen LogP contribution in [0.5, 0.6) is 11.5 Å². The summed E-state index contributed by atoms with van der Waals surface area (Å²) < 4.78 is 26.4. The van der Waals surface area contributed by atoms with Crippen LogP contribution in [0.25, 0.3) is 23.0 Å². The summed E-state index contributed by atoms with van der Waals surface area (Å²) in [5, 5.41) is 0. The minimum absolute atomic E-state index is 0.253. The van der Waals surface area contributed by atoms with Gasteiger partial charge in [0.1, 0.15) is 11.5 Å². The van der Waals surface area contributed by atoms with Gasteiger partial charge in [0, 0.05) is 31.4 Å². The molecule has 0 bridgehead atoms. The molecule has 0 atom stereocenters. The Labute approximate surface area is 186 Å². The number of ether oxygens (including phenoxy) is 2. The Kier molecular flexibility index (Phi) is 5.37. The zero-order valence-corrected chi connectivity index (χ0v) is 18.1. The van der Waals surface area contributed by atoms with E-state index in [-0.39, 0.29) is 5.82 Å². The standard InChI is InChI=1S/C26H24FN3O2/c1-31-23-14-19-16-29(17-20(19)15-24(23)32-2)12-5-6-22-26(18-8-10-21(27)11-9-18)28-25-7-3-4-13-30(22)25/h3-11,13-15H,12,16-17H2,1-2H3/b6-5+. The summed E-state index contributed by atoms with van der Waals surface area (Å²) in [6, 6.07) is 16.5. The van der Waals surface area contributed by atoms with E-state index >= 15 is 0 Å². The molecular weight excluding hydrogens is 405 g/mol. The van der Waals surface area contributed by atoms with Crippen LogP contribution >= 0.6 is 0 Å². The Balaban J connectivity index is 1.39. The van der Waals surface area contributed by atoms with Crippen molar-refractivity contribution in [1.29, 1.82) is 0 Å². The van der Waals surface area contributed by atoms with E-state index in [1.54, 1.807) is 26.4 Å². The number of hydrogen-bond donors (Lipinski definition) is 0. The second-order valence-corrected chi connectivity index (χ2v) is 7.83. The maximum absolute atomic E-state index is 13.4. The molecule has 0 saturated heterocycles. The van der Waals surface area contributed by atoms with Crippen molar-refractivity contribution in [2.75, 3.05) is 20.8 Å². The van der Waals surface area contributed by atoms with E-state index in [9.17, 15) is 4.39 Å². The molecule has 0 spiro atoms. The maximum atomic E-state index is 13.4. The molecule has 0 fully saturated rings. The summed E-state index contributed by atoms with van der Waals surface area (Å²) in [6.07, 6.45) is 6.26. The molecule has 0 N–H and O–H groups in total. The van der Waals surface area contributed by atoms with E-state index in [1.165, 1.54) is 23.3 Å². The quantitative estimate of drug-likeness (QED) is 0.423. The van der Waals surface area contributed by atoms with Gasteiger partial charge in [-0.3, -0.25) is 9.30 Å². The molecule has 0 amide bonds. The number of nitrogens with zero attached hydrogens (tertiary/aromatic N) is 3. The SMILES string of the molecule is COc1cc2c(cc1OC)CN(C/C=C/c1c(-c3ccc(F)cc3)nc3ccccn13)C2. The molecule has 1 aliphatic heterocycles. The monoisotopic (exact) mass is 429 g/mol. The van der Waals surface area contributed by atoms with Gasteiger partial charge < -0.3 is 9.47 Å². The number of methoxy groups -OCH3 is 2. The minimum atomic E-state index is -0.253. The molecule has 162 valence electrons. The maximum Gasteiger partial charge on any atom is 0.161 e. The normalized spacial score (nSPS) is 13.7. The van der Waals surface area contributed by atoms with Crippen LogP contribution in [0.15, 0.2) is 66.9 Å². The summed E-state index contributed by atoms with van der Waals surface area (Å²) >= 11 is 0. The molecule has 5 rings (SSSR count). The van der Waals surface area contributed by atoms with Crippen LogP contribution < -0.4 is 9.47 Å². The fraction of sp³-hybridized carbons (Fsp3) is 0.192. The smallest absolute Gasteiger partial charge is 0.161 e. The first kappa shape index (κ1) is 20.3. The Hall–Kier alpha value is -3.64. The van der Waals surface area contributed by atoms with Crippen LogP contribution in [0.2, 0.25) is 0 Å². The van der Waals surface area contributed by atoms with Crippen LogP contribution in [0.3, 0.4) is 0 Å². The van der Waals surface area contributed by atoms with Crippen LogP contribution in [0.4, 0.5) is 4.39 Å². The van der Waals surface area contributed by atoms with Crippen molar-refractivity contribution in [2.45, 2.75) is 13.1 Å². The van der Waals surface area contributed by atoms with E-state index in [0.717, 1.165) is 53.7 Å². The predicted molar refractivity (Wildman–Crippen MR) is 123 cm³/mol. The van der Waals surface area contributed by atoms with Crippen LogP contribution in [-0.4, -0.2) is 35.0 Å². The number of rotatable bonds is 6. The fourth-order valence-electron chi connectivity index (χ4n) is 4.23. The summed E-state index contributed by atoms with van der Waals surface area (Å²) in [6.45, 7) is 2.51. The van der Waals surface area contributed by atoms with Crippen molar-refractivity contribution in [3.05, 3.63) is 89.5 Å². The van der Waals surface area contributed by atoms with Gasteiger partial charge in [0.25, 0.3) is 0 Å². The molecule has 1 aliphatic rings. The molecule has 2 aromatic heterocycles. The van der Waals surface area contributed by atoms with Gasteiger partial charge >= 0.3 is 0 Å². The first-order valence-electron chi connectivity index (χ1n) is 10.5. The van der Waals surface area contributed by atoms with E-state index < -0.39 is 0 Å². The first-order valence-corrected chi connectivity index (χ1v) is 10.5. The Morgan fingerprint density at radius 3 is 2.31 bits per heavy atom. The van der Waals surface area contributed by atoms with E-state index in [2.05, 4.69) is 33.6 Å². The van der Waals surface area contributed by atoms with Crippen molar-refractivity contribution >= 4 is 11.7 Å². The van der Waals surface area contributed by atoms with Crippen molar-refractivity contribution in [3.8, 4) is 22.8 Å². The topological polar surface area (TPSA) is 39.0 Å². The second-order valence-electron chi connectivity index (χ2n) is 7.83. The van der Waals surface area contributed by atoms with Gasteiger partial charge in [-0.1, -0.05) is 12.1 Å². The number of hydrogen-bond acceptors (Lipinski definition) is 4. The number of benzene rings is 2. The number of aromatic nitrogens is 2. The average Bonchev–Trinajstić information content (AvgIpc) is 3.39. The van der Waals surface area contributed by atoms with Gasteiger partial charge in [0.2, 0.25) is 0 Å². The van der Waals surface area contributed by atoms with Gasteiger partial charge in [-0.2, -0.15) is 0 Å². The van der Waals surface area contributed by atoms with Crippen molar-refractivity contribution in [1.82, 2.24) is 14.3 Å². The van der Waals surface area contributed by atoms with Crippen LogP contribution in [-0.2, 0) is 13.1 Å². The van der Waals surface area contributed by atoms with Crippen molar-refractivity contribution in [3.63, 3.8) is 0 Å². The third kappa shape index (κ3) is 3.74. The van der Waals surface area contributed by atoms with Gasteiger partial charge in [-0.25, -0.2) is 9.37 Å². The number of imidazole rings is 1. The molecule has 0 aliphatic carbocycles. The third-order valence-electron chi connectivity index (χ3n) is 5.82. The summed E-state index contributed by atoms with van der Waals surface area (Å²) in [4.78, 5) is 7.14. The third-order valence-corrected chi connectivity index (χ3v) is 5.82. The molecule has 0 radical (unpaired) electrons. The second kappa shape index (κ2) is 8.48. The lowest BCUT2D eigenvalue weighted by Crippen LogP contribution is -2.15. The summed E-state index contributed by atoms with van der Waals surface area (Å²) in [5.41, 5.74) is 6.09. The van der Waals surface area contributed by atoms with E-state index in [1.807, 2.05) is 24.4 Å². The average molecular weight is 429 g/mol. The highest BCUT2D eigenvalue weighted by Gasteiger charge is 2.21. The largest absolute Gasteiger partial charge is 0.493 e. The zero-order valence-electron chi connectivity index (χ0n) is 18.1. The summed E-state index contributed by atoms with van der Waals surface area (Å²) in [5.74, 6) is 1.27. The number of pyridine rings is 1. The van der Waals surface area contributed by atoms with E-state index in [0.29, 0.717) is 0 Å². The Morgan fingerprint density at radius 2 is 1.66 bits per heavy atom. The molecule has 0 unspecified atom stereocenters. The van der Waals surface area contributed by atoms with Crippen LogP contribution in [0.1, 0.15) is 16.8 Å². The van der Waals surface area contributed by atoms with Gasteiger partial charge in [0.05, 0.1) is 25.6 Å². The van der Waals surface area contributed by atoms with Gasteiger partial charge in [-0.05, 0) is 65.7 Å². The predicted octanol–water partition coefficient (Wildman–Crippen LogP) is 5.19. The zero-order chi connectivity index (χ0) is 22.1. The highest BCUT2D eigenvalue weighted by atomic mass is 19.1. The lowest BCUT2D eigenvalue weighted by atomic mass is 10.1. The first-order chi connectivity index (χ1) is 15.7. The Bertz CT molecular complexity index is 1260. The number of fused-ring (bicyclic) bond motifs is 2. The van der Waals surface area contributed by atoms with E-state index in [4.69, 9.17) is 14.5 Å². The van der Waals surface area contributed by atoms with Crippen LogP contribution in [0, 0.1) is 5.82 Å². The number of halogens is 1. The molecular formula is C26H24FN3O2. The molecule has 32 heavy (non-hydrogen) atoms. The van der Waals surface area contributed by atoms with Crippen molar-refractivity contribution < 1.29 is 13.9 Å². The molecule has 6 heteroatoms. The highest BCUT2D eigenvalue weighted by Crippen LogP contribution is 2.35. The molecule has 2 aromatic carbocycles. The molecule has 5 nitrogen and oxygen atoms in total.